The lowest BCUT2D eigenvalue weighted by Crippen LogP contribution is -2.43. The van der Waals surface area contributed by atoms with E-state index in [9.17, 15) is 9.59 Å². The van der Waals surface area contributed by atoms with E-state index in [4.69, 9.17) is 14.6 Å². The Bertz CT molecular complexity index is 855. The summed E-state index contributed by atoms with van der Waals surface area (Å²) >= 11 is 0. The highest BCUT2D eigenvalue weighted by molar-refractivity contribution is 5.95. The summed E-state index contributed by atoms with van der Waals surface area (Å²) in [7, 11) is 0. The van der Waals surface area contributed by atoms with Crippen molar-refractivity contribution in [1.82, 2.24) is 4.90 Å². The molecule has 0 aromatic heterocycles. The van der Waals surface area contributed by atoms with E-state index in [-0.39, 0.29) is 24.3 Å². The van der Waals surface area contributed by atoms with Crippen molar-refractivity contribution in [2.75, 3.05) is 0 Å². The maximum atomic E-state index is 12.5. The van der Waals surface area contributed by atoms with Gasteiger partial charge in [-0.1, -0.05) is 61.5 Å². The molecule has 0 saturated carbocycles. The van der Waals surface area contributed by atoms with Crippen LogP contribution in [0.5, 0.6) is 0 Å². The van der Waals surface area contributed by atoms with Crippen LogP contribution < -0.4 is 0 Å². The standard InChI is InChI=1S/C23H27NO3.CH2O2/c1-16-14-20(24(21(16)25)22(26)27-23(2,3)4)15-17-10-12-19(13-11-17)18-8-6-5-7-9-18;2-1-3/h5-13,16,20H,14-15H2,1-4H3;1H,(H,2,3). The highest BCUT2D eigenvalue weighted by Gasteiger charge is 2.42. The van der Waals surface area contributed by atoms with Crippen LogP contribution in [0.3, 0.4) is 0 Å². The van der Waals surface area contributed by atoms with Gasteiger partial charge in [0.1, 0.15) is 5.60 Å². The van der Waals surface area contributed by atoms with Crippen molar-refractivity contribution in [1.29, 1.82) is 0 Å². The number of nitrogens with zero attached hydrogens (tertiary/aromatic N) is 1. The fraction of sp³-hybridized carbons (Fsp3) is 0.375. The molecule has 160 valence electrons. The number of hydrogen-bond acceptors (Lipinski definition) is 4. The SMILES string of the molecule is CC1CC(Cc2ccc(-c3ccccc3)cc2)N(C(=O)OC(C)(C)C)C1=O.O=CO. The van der Waals surface area contributed by atoms with Crippen LogP contribution in [0.4, 0.5) is 4.79 Å². The van der Waals surface area contributed by atoms with Gasteiger partial charge >= 0.3 is 6.09 Å². The van der Waals surface area contributed by atoms with E-state index < -0.39 is 11.7 Å². The molecule has 1 saturated heterocycles. The molecule has 0 radical (unpaired) electrons. The van der Waals surface area contributed by atoms with Gasteiger partial charge < -0.3 is 9.84 Å². The predicted molar refractivity (Wildman–Crippen MR) is 115 cm³/mol. The number of benzene rings is 2. The van der Waals surface area contributed by atoms with Crippen LogP contribution in [0, 0.1) is 5.92 Å². The minimum Gasteiger partial charge on any atom is -0.483 e. The van der Waals surface area contributed by atoms with E-state index >= 15 is 0 Å². The van der Waals surface area contributed by atoms with Gasteiger partial charge in [-0.2, -0.15) is 0 Å². The van der Waals surface area contributed by atoms with Gasteiger partial charge in [-0.25, -0.2) is 9.69 Å². The van der Waals surface area contributed by atoms with E-state index in [2.05, 4.69) is 36.4 Å². The minimum atomic E-state index is -0.620. The highest BCUT2D eigenvalue weighted by Crippen LogP contribution is 2.29. The Balaban J connectivity index is 0.00000101. The molecule has 2 amide bonds. The fourth-order valence-electron chi connectivity index (χ4n) is 3.49. The van der Waals surface area contributed by atoms with Crippen molar-refractivity contribution < 1.29 is 24.2 Å². The van der Waals surface area contributed by atoms with E-state index in [0.717, 1.165) is 11.1 Å². The van der Waals surface area contributed by atoms with E-state index in [1.807, 2.05) is 45.9 Å². The van der Waals surface area contributed by atoms with Crippen LogP contribution in [0.1, 0.15) is 39.7 Å². The molecular formula is C24H29NO5. The zero-order valence-corrected chi connectivity index (χ0v) is 17.9. The third-order valence-corrected chi connectivity index (χ3v) is 4.77. The normalized spacial score (nSPS) is 18.4. The molecule has 2 atom stereocenters. The Morgan fingerprint density at radius 3 is 2.17 bits per heavy atom. The second-order valence-corrected chi connectivity index (χ2v) is 8.35. The first-order chi connectivity index (χ1) is 14.2. The third kappa shape index (κ3) is 6.17. The average Bonchev–Trinajstić information content (AvgIpc) is 2.96. The van der Waals surface area contributed by atoms with Gasteiger partial charge in [-0.3, -0.25) is 9.59 Å². The maximum Gasteiger partial charge on any atom is 0.417 e. The molecule has 6 nitrogen and oxygen atoms in total. The van der Waals surface area contributed by atoms with Crippen LogP contribution in [0.15, 0.2) is 54.6 Å². The number of ether oxygens (including phenoxy) is 1. The zero-order chi connectivity index (χ0) is 22.3. The topological polar surface area (TPSA) is 83.9 Å². The second kappa shape index (κ2) is 10.1. The summed E-state index contributed by atoms with van der Waals surface area (Å²) in [6.07, 6.45) is 0.769. The predicted octanol–water partition coefficient (Wildman–Crippen LogP) is 4.77. The first-order valence-corrected chi connectivity index (χ1v) is 9.94. The smallest absolute Gasteiger partial charge is 0.417 e. The summed E-state index contributed by atoms with van der Waals surface area (Å²) in [6.45, 7) is 7.06. The van der Waals surface area contributed by atoms with Gasteiger partial charge in [0.15, 0.2) is 0 Å². The summed E-state index contributed by atoms with van der Waals surface area (Å²) in [5, 5.41) is 6.89. The number of carbonyl (C=O) groups excluding carboxylic acids is 2. The van der Waals surface area contributed by atoms with Crippen LogP contribution in [0.25, 0.3) is 11.1 Å². The van der Waals surface area contributed by atoms with Crippen LogP contribution in [-0.2, 0) is 20.7 Å². The molecule has 1 fully saturated rings. The summed E-state index contributed by atoms with van der Waals surface area (Å²) in [6, 6.07) is 18.4. The van der Waals surface area contributed by atoms with Crippen molar-refractivity contribution >= 4 is 18.5 Å². The van der Waals surface area contributed by atoms with Gasteiger partial charge in [-0.15, -0.1) is 0 Å². The first-order valence-electron chi connectivity index (χ1n) is 9.94. The summed E-state index contributed by atoms with van der Waals surface area (Å²) in [4.78, 5) is 34.7. The molecule has 30 heavy (non-hydrogen) atoms. The molecule has 1 aliphatic heterocycles. The van der Waals surface area contributed by atoms with Crippen LogP contribution in [0.2, 0.25) is 0 Å². The number of hydrogen-bond donors (Lipinski definition) is 1. The number of amides is 2. The van der Waals surface area contributed by atoms with E-state index in [1.165, 1.54) is 10.5 Å². The Labute approximate surface area is 177 Å². The average molecular weight is 411 g/mol. The van der Waals surface area contributed by atoms with E-state index in [1.54, 1.807) is 0 Å². The highest BCUT2D eigenvalue weighted by atomic mass is 16.6. The maximum absolute atomic E-state index is 12.5. The molecule has 1 N–H and O–H groups in total. The molecule has 3 rings (SSSR count). The number of rotatable bonds is 3. The molecule has 0 spiro atoms. The number of likely N-dealkylation sites (tertiary alicyclic amines) is 1. The quantitative estimate of drug-likeness (QED) is 0.736. The Morgan fingerprint density at radius 1 is 1.10 bits per heavy atom. The molecule has 1 heterocycles. The lowest BCUT2D eigenvalue weighted by atomic mass is 9.98. The van der Waals surface area contributed by atoms with Crippen molar-refractivity contribution in [2.24, 2.45) is 5.92 Å². The molecule has 6 heteroatoms. The Morgan fingerprint density at radius 2 is 1.63 bits per heavy atom. The second-order valence-electron chi connectivity index (χ2n) is 8.35. The molecule has 0 aliphatic carbocycles. The number of carbonyl (C=O) groups is 3. The first kappa shape index (κ1) is 23.1. The zero-order valence-electron chi connectivity index (χ0n) is 17.9. The molecule has 2 aromatic rings. The Kier molecular flexibility index (Phi) is 7.75. The summed E-state index contributed by atoms with van der Waals surface area (Å²) in [5.41, 5.74) is 2.81. The fourth-order valence-corrected chi connectivity index (χ4v) is 3.49. The number of carboxylic acid groups (broad SMARTS) is 1. The van der Waals surface area contributed by atoms with Gasteiger partial charge in [-0.05, 0) is 50.3 Å². The van der Waals surface area contributed by atoms with Crippen molar-refractivity contribution in [3.63, 3.8) is 0 Å². The van der Waals surface area contributed by atoms with Crippen molar-refractivity contribution in [3.8, 4) is 11.1 Å². The molecular weight excluding hydrogens is 382 g/mol. The van der Waals surface area contributed by atoms with Gasteiger partial charge in [0.2, 0.25) is 5.91 Å². The van der Waals surface area contributed by atoms with Crippen LogP contribution >= 0.6 is 0 Å². The lowest BCUT2D eigenvalue weighted by Gasteiger charge is -2.27. The third-order valence-electron chi connectivity index (χ3n) is 4.77. The largest absolute Gasteiger partial charge is 0.483 e. The van der Waals surface area contributed by atoms with Crippen molar-refractivity contribution in [3.05, 3.63) is 60.2 Å². The van der Waals surface area contributed by atoms with Gasteiger partial charge in [0.25, 0.3) is 6.47 Å². The van der Waals surface area contributed by atoms with E-state index in [0.29, 0.717) is 12.8 Å². The summed E-state index contributed by atoms with van der Waals surface area (Å²) in [5.74, 6) is -0.304. The van der Waals surface area contributed by atoms with Crippen molar-refractivity contribution in [2.45, 2.75) is 52.2 Å². The number of imide groups is 1. The van der Waals surface area contributed by atoms with Crippen LogP contribution in [-0.4, -0.2) is 40.1 Å². The minimum absolute atomic E-state index is 0.143. The Hall–Kier alpha value is -3.15. The van der Waals surface area contributed by atoms with Gasteiger partial charge in [0, 0.05) is 12.0 Å². The van der Waals surface area contributed by atoms with Gasteiger partial charge in [0.05, 0.1) is 0 Å². The lowest BCUT2D eigenvalue weighted by molar-refractivity contribution is -0.130. The molecule has 1 aliphatic rings. The summed E-state index contributed by atoms with van der Waals surface area (Å²) < 4.78 is 5.45. The monoisotopic (exact) mass is 411 g/mol. The molecule has 0 bridgehead atoms. The molecule has 2 aromatic carbocycles. The molecule has 2 unspecified atom stereocenters.